The van der Waals surface area contributed by atoms with E-state index in [1.165, 1.54) is 22.5 Å². The average Bonchev–Trinajstić information content (AvgIpc) is 3.17. The second kappa shape index (κ2) is 5.73. The molecule has 0 aliphatic carbocycles. The molecule has 0 saturated carbocycles. The Hall–Kier alpha value is -1.72. The number of benzene rings is 1. The first-order valence-corrected chi connectivity index (χ1v) is 9.04. The molecular formula is C18H21N3OS. The lowest BCUT2D eigenvalue weighted by atomic mass is 9.79. The highest BCUT2D eigenvalue weighted by molar-refractivity contribution is 7.07. The number of aromatic nitrogens is 1. The second-order valence-electron chi connectivity index (χ2n) is 6.92. The van der Waals surface area contributed by atoms with Crippen molar-refractivity contribution >= 4 is 17.2 Å². The van der Waals surface area contributed by atoms with Crippen molar-refractivity contribution in [2.75, 3.05) is 26.2 Å². The molecule has 1 spiro atoms. The number of carbonyl (C=O) groups is 1. The number of aryl methyl sites for hydroxylation is 1. The van der Waals surface area contributed by atoms with Crippen LogP contribution in [0.3, 0.4) is 0 Å². The zero-order chi connectivity index (χ0) is 15.9. The van der Waals surface area contributed by atoms with E-state index >= 15 is 0 Å². The quantitative estimate of drug-likeness (QED) is 0.870. The minimum Gasteiger partial charge on any atom is -0.337 e. The first-order chi connectivity index (χ1) is 11.2. The highest BCUT2D eigenvalue weighted by atomic mass is 32.1. The maximum atomic E-state index is 12.4. The van der Waals surface area contributed by atoms with Crippen LogP contribution in [-0.2, 0) is 6.54 Å². The van der Waals surface area contributed by atoms with Crippen molar-refractivity contribution in [2.24, 2.45) is 5.41 Å². The highest BCUT2D eigenvalue weighted by Gasteiger charge is 2.48. The molecule has 3 heterocycles. The molecule has 0 radical (unpaired) electrons. The minimum absolute atomic E-state index is 0.0977. The van der Waals surface area contributed by atoms with Gasteiger partial charge in [0.1, 0.15) is 5.69 Å². The summed E-state index contributed by atoms with van der Waals surface area (Å²) in [4.78, 5) is 21.0. The third-order valence-electron chi connectivity index (χ3n) is 5.15. The Balaban J connectivity index is 1.35. The lowest BCUT2D eigenvalue weighted by Crippen LogP contribution is -2.57. The number of rotatable bonds is 3. The van der Waals surface area contributed by atoms with E-state index < -0.39 is 0 Å². The summed E-state index contributed by atoms with van der Waals surface area (Å²) < 4.78 is 0. The number of hydrogen-bond acceptors (Lipinski definition) is 4. The van der Waals surface area contributed by atoms with Gasteiger partial charge in [0.25, 0.3) is 5.91 Å². The molecule has 0 bridgehead atoms. The molecule has 0 atom stereocenters. The summed E-state index contributed by atoms with van der Waals surface area (Å²) in [7, 11) is 0. The third-order valence-corrected chi connectivity index (χ3v) is 5.74. The first kappa shape index (κ1) is 14.8. The molecule has 120 valence electrons. The largest absolute Gasteiger partial charge is 0.337 e. The van der Waals surface area contributed by atoms with Crippen molar-refractivity contribution in [3.8, 4) is 0 Å². The second-order valence-corrected chi connectivity index (χ2v) is 7.64. The molecule has 2 aliphatic rings. The molecule has 2 saturated heterocycles. The van der Waals surface area contributed by atoms with E-state index in [2.05, 4.69) is 41.1 Å². The van der Waals surface area contributed by atoms with Gasteiger partial charge in [-0.3, -0.25) is 9.69 Å². The van der Waals surface area contributed by atoms with Gasteiger partial charge in [-0.15, -0.1) is 11.3 Å². The van der Waals surface area contributed by atoms with Gasteiger partial charge in [0, 0.05) is 43.5 Å². The Morgan fingerprint density at radius 1 is 1.30 bits per heavy atom. The summed E-state index contributed by atoms with van der Waals surface area (Å²) in [5.41, 5.74) is 5.42. The van der Waals surface area contributed by atoms with Gasteiger partial charge in [-0.25, -0.2) is 4.98 Å². The SMILES string of the molecule is Cc1ccccc1CN1CC2(CCN(C(=O)c3cscn3)C2)C1. The van der Waals surface area contributed by atoms with Crippen LogP contribution in [0, 0.1) is 12.3 Å². The van der Waals surface area contributed by atoms with Gasteiger partial charge in [-0.1, -0.05) is 24.3 Å². The summed E-state index contributed by atoms with van der Waals surface area (Å²) in [5, 5.41) is 1.85. The van der Waals surface area contributed by atoms with E-state index in [1.807, 2.05) is 10.3 Å². The summed E-state index contributed by atoms with van der Waals surface area (Å²) in [6, 6.07) is 8.60. The van der Waals surface area contributed by atoms with E-state index in [-0.39, 0.29) is 5.91 Å². The molecule has 4 nitrogen and oxygen atoms in total. The highest BCUT2D eigenvalue weighted by Crippen LogP contribution is 2.40. The van der Waals surface area contributed by atoms with Crippen LogP contribution < -0.4 is 0 Å². The van der Waals surface area contributed by atoms with Gasteiger partial charge >= 0.3 is 0 Å². The van der Waals surface area contributed by atoms with Crippen LogP contribution in [0.25, 0.3) is 0 Å². The Bertz CT molecular complexity index is 707. The van der Waals surface area contributed by atoms with Crippen molar-refractivity contribution in [1.82, 2.24) is 14.8 Å². The first-order valence-electron chi connectivity index (χ1n) is 8.10. The smallest absolute Gasteiger partial charge is 0.273 e. The molecule has 5 heteroatoms. The molecular weight excluding hydrogens is 306 g/mol. The number of carbonyl (C=O) groups excluding carboxylic acids is 1. The van der Waals surface area contributed by atoms with E-state index in [1.54, 1.807) is 5.51 Å². The summed E-state index contributed by atoms with van der Waals surface area (Å²) in [5.74, 6) is 0.0977. The number of hydrogen-bond donors (Lipinski definition) is 0. The van der Waals surface area contributed by atoms with Crippen LogP contribution in [0.4, 0.5) is 0 Å². The Morgan fingerprint density at radius 2 is 2.13 bits per heavy atom. The Morgan fingerprint density at radius 3 is 2.87 bits per heavy atom. The maximum Gasteiger partial charge on any atom is 0.273 e. The molecule has 0 unspecified atom stereocenters. The van der Waals surface area contributed by atoms with Crippen molar-refractivity contribution in [3.63, 3.8) is 0 Å². The molecule has 2 aliphatic heterocycles. The number of likely N-dealkylation sites (tertiary alicyclic amines) is 2. The number of thiazole rings is 1. The fraction of sp³-hybridized carbons (Fsp3) is 0.444. The van der Waals surface area contributed by atoms with E-state index in [0.29, 0.717) is 11.1 Å². The zero-order valence-electron chi connectivity index (χ0n) is 13.4. The van der Waals surface area contributed by atoms with Gasteiger partial charge in [-0.2, -0.15) is 0 Å². The fourth-order valence-electron chi connectivity index (χ4n) is 3.89. The Kier molecular flexibility index (Phi) is 3.70. The molecule has 2 fully saturated rings. The summed E-state index contributed by atoms with van der Waals surface area (Å²) in [6.45, 7) is 7.15. The third kappa shape index (κ3) is 2.79. The van der Waals surface area contributed by atoms with Crippen LogP contribution in [0.5, 0.6) is 0 Å². The average molecular weight is 327 g/mol. The van der Waals surface area contributed by atoms with E-state index in [9.17, 15) is 4.79 Å². The lowest BCUT2D eigenvalue weighted by Gasteiger charge is -2.48. The molecule has 1 aromatic heterocycles. The van der Waals surface area contributed by atoms with Gasteiger partial charge in [-0.05, 0) is 24.5 Å². The van der Waals surface area contributed by atoms with E-state index in [0.717, 1.165) is 39.1 Å². The topological polar surface area (TPSA) is 36.4 Å². The van der Waals surface area contributed by atoms with Crippen LogP contribution in [0.2, 0.25) is 0 Å². The number of nitrogens with zero attached hydrogens (tertiary/aromatic N) is 3. The van der Waals surface area contributed by atoms with Crippen molar-refractivity contribution in [2.45, 2.75) is 19.9 Å². The van der Waals surface area contributed by atoms with Gasteiger partial charge < -0.3 is 4.90 Å². The predicted molar refractivity (Wildman–Crippen MR) is 91.5 cm³/mol. The zero-order valence-corrected chi connectivity index (χ0v) is 14.2. The van der Waals surface area contributed by atoms with Crippen molar-refractivity contribution in [1.29, 1.82) is 0 Å². The fourth-order valence-corrected chi connectivity index (χ4v) is 4.42. The van der Waals surface area contributed by atoms with Crippen molar-refractivity contribution in [3.05, 3.63) is 52.0 Å². The predicted octanol–water partition coefficient (Wildman–Crippen LogP) is 2.80. The lowest BCUT2D eigenvalue weighted by molar-refractivity contribution is 0.00244. The maximum absolute atomic E-state index is 12.4. The molecule has 23 heavy (non-hydrogen) atoms. The standard InChI is InChI=1S/C18H21N3OS/c1-14-4-2-3-5-15(14)8-20-10-18(11-20)6-7-21(12-18)17(22)16-9-23-13-19-16/h2-5,9,13H,6-8,10-12H2,1H3. The van der Waals surface area contributed by atoms with E-state index in [4.69, 9.17) is 0 Å². The van der Waals surface area contributed by atoms with Gasteiger partial charge in [0.15, 0.2) is 0 Å². The molecule has 4 rings (SSSR count). The summed E-state index contributed by atoms with van der Waals surface area (Å²) >= 11 is 1.48. The van der Waals surface area contributed by atoms with Crippen LogP contribution in [-0.4, -0.2) is 46.9 Å². The molecule has 1 aromatic carbocycles. The summed E-state index contributed by atoms with van der Waals surface area (Å²) in [6.07, 6.45) is 1.12. The van der Waals surface area contributed by atoms with Crippen LogP contribution in [0.15, 0.2) is 35.2 Å². The van der Waals surface area contributed by atoms with Crippen molar-refractivity contribution < 1.29 is 4.79 Å². The minimum atomic E-state index is 0.0977. The normalized spacial score (nSPS) is 20.0. The molecule has 0 N–H and O–H groups in total. The molecule has 1 amide bonds. The van der Waals surface area contributed by atoms with Gasteiger partial charge in [0.2, 0.25) is 0 Å². The number of amides is 1. The molecule has 2 aromatic rings. The van der Waals surface area contributed by atoms with Crippen LogP contribution >= 0.6 is 11.3 Å². The van der Waals surface area contributed by atoms with Gasteiger partial charge in [0.05, 0.1) is 5.51 Å². The monoisotopic (exact) mass is 327 g/mol. The van der Waals surface area contributed by atoms with Crippen LogP contribution in [0.1, 0.15) is 28.0 Å². The Labute approximate surface area is 140 Å².